The second kappa shape index (κ2) is 6.94. The summed E-state index contributed by atoms with van der Waals surface area (Å²) in [5, 5.41) is 16.6. The maximum Gasteiger partial charge on any atom is 0.251 e. The molecule has 0 unspecified atom stereocenters. The Morgan fingerprint density at radius 1 is 1.60 bits per heavy atom. The van der Waals surface area contributed by atoms with Gasteiger partial charge in [-0.05, 0) is 6.92 Å². The van der Waals surface area contributed by atoms with Crippen LogP contribution in [0.5, 0.6) is 0 Å². The van der Waals surface area contributed by atoms with Crippen LogP contribution < -0.4 is 16.2 Å². The van der Waals surface area contributed by atoms with Crippen molar-refractivity contribution in [3.63, 3.8) is 0 Å². The number of aromatic amines is 1. The Hall–Kier alpha value is -1.28. The molecule has 1 aliphatic heterocycles. The molecule has 1 aromatic heterocycles. The van der Waals surface area contributed by atoms with Crippen LogP contribution in [0.25, 0.3) is 0 Å². The third-order valence-electron chi connectivity index (χ3n) is 3.16. The molecule has 0 aliphatic carbocycles. The van der Waals surface area contributed by atoms with Gasteiger partial charge in [0.25, 0.3) is 5.56 Å². The largest absolute Gasteiger partial charge is 0.385 e. The summed E-state index contributed by atoms with van der Waals surface area (Å²) in [6.45, 7) is 5.09. The standard InChI is InChI=1S/C13H22N4O3/c1-10-6-12(18)17-11(16-10)2-3-14-7-13(19)8-15-4-5-20-9-13/h6,14-15,19H,2-5,7-9H2,1H3,(H,16,17,18)/t13-/m0/s1. The summed E-state index contributed by atoms with van der Waals surface area (Å²) >= 11 is 0. The number of H-pyrrole nitrogens is 1. The van der Waals surface area contributed by atoms with Crippen molar-refractivity contribution in [1.29, 1.82) is 0 Å². The van der Waals surface area contributed by atoms with Crippen LogP contribution >= 0.6 is 0 Å². The molecule has 0 amide bonds. The molecule has 2 heterocycles. The number of rotatable bonds is 5. The topological polar surface area (TPSA) is 99.3 Å². The lowest BCUT2D eigenvalue weighted by Crippen LogP contribution is -2.50. The molecule has 1 saturated heterocycles. The van der Waals surface area contributed by atoms with E-state index in [-0.39, 0.29) is 5.56 Å². The van der Waals surface area contributed by atoms with Crippen molar-refractivity contribution in [3.05, 3.63) is 27.9 Å². The molecule has 2 rings (SSSR count). The van der Waals surface area contributed by atoms with Gasteiger partial charge in [-0.3, -0.25) is 4.79 Å². The monoisotopic (exact) mass is 282 g/mol. The second-order valence-corrected chi connectivity index (χ2v) is 5.21. The third-order valence-corrected chi connectivity index (χ3v) is 3.16. The highest BCUT2D eigenvalue weighted by Crippen LogP contribution is 2.05. The second-order valence-electron chi connectivity index (χ2n) is 5.21. The minimum absolute atomic E-state index is 0.132. The molecule has 7 nitrogen and oxygen atoms in total. The molecule has 1 fully saturated rings. The molecule has 0 bridgehead atoms. The number of aliphatic hydroxyl groups is 1. The highest BCUT2D eigenvalue weighted by Gasteiger charge is 2.28. The van der Waals surface area contributed by atoms with E-state index in [0.717, 1.165) is 6.54 Å². The van der Waals surface area contributed by atoms with E-state index in [4.69, 9.17) is 4.74 Å². The summed E-state index contributed by atoms with van der Waals surface area (Å²) in [7, 11) is 0. The average Bonchev–Trinajstić information content (AvgIpc) is 2.59. The maximum absolute atomic E-state index is 11.3. The summed E-state index contributed by atoms with van der Waals surface area (Å²) in [5.41, 5.74) is -0.305. The molecule has 1 atom stereocenters. The van der Waals surface area contributed by atoms with Crippen LogP contribution in [-0.2, 0) is 11.2 Å². The quantitative estimate of drug-likeness (QED) is 0.494. The molecule has 0 spiro atoms. The van der Waals surface area contributed by atoms with E-state index in [1.807, 2.05) is 0 Å². The van der Waals surface area contributed by atoms with Crippen molar-refractivity contribution in [2.45, 2.75) is 18.9 Å². The Kier molecular flexibility index (Phi) is 5.24. The predicted molar refractivity (Wildman–Crippen MR) is 74.8 cm³/mol. The first-order valence-corrected chi connectivity index (χ1v) is 6.86. The van der Waals surface area contributed by atoms with Crippen LogP contribution in [0.15, 0.2) is 10.9 Å². The molecule has 0 radical (unpaired) electrons. The molecule has 4 N–H and O–H groups in total. The Balaban J connectivity index is 1.76. The van der Waals surface area contributed by atoms with Gasteiger partial charge in [-0.25, -0.2) is 4.98 Å². The normalized spacial score (nSPS) is 23.5. The van der Waals surface area contributed by atoms with Crippen LogP contribution in [-0.4, -0.2) is 60.1 Å². The molecule has 20 heavy (non-hydrogen) atoms. The summed E-state index contributed by atoms with van der Waals surface area (Å²) in [6, 6.07) is 1.47. The lowest BCUT2D eigenvalue weighted by Gasteiger charge is -2.26. The van der Waals surface area contributed by atoms with Crippen molar-refractivity contribution >= 4 is 0 Å². The highest BCUT2D eigenvalue weighted by atomic mass is 16.5. The fraction of sp³-hybridized carbons (Fsp3) is 0.692. The van der Waals surface area contributed by atoms with Gasteiger partial charge in [-0.1, -0.05) is 0 Å². The third kappa shape index (κ3) is 4.68. The Morgan fingerprint density at radius 3 is 3.25 bits per heavy atom. The number of ether oxygens (including phenoxy) is 1. The zero-order chi connectivity index (χ0) is 14.4. The zero-order valence-corrected chi connectivity index (χ0v) is 11.7. The van der Waals surface area contributed by atoms with Gasteiger partial charge in [-0.2, -0.15) is 0 Å². The Labute approximate surface area is 117 Å². The van der Waals surface area contributed by atoms with E-state index >= 15 is 0 Å². The molecular weight excluding hydrogens is 260 g/mol. The lowest BCUT2D eigenvalue weighted by molar-refractivity contribution is -0.0260. The Bertz CT molecular complexity index is 481. The van der Waals surface area contributed by atoms with Crippen molar-refractivity contribution in [2.75, 3.05) is 39.4 Å². The van der Waals surface area contributed by atoms with Gasteiger partial charge in [0.15, 0.2) is 0 Å². The van der Waals surface area contributed by atoms with Crippen LogP contribution in [0.1, 0.15) is 11.5 Å². The average molecular weight is 282 g/mol. The Morgan fingerprint density at radius 2 is 2.45 bits per heavy atom. The fourth-order valence-corrected chi connectivity index (χ4v) is 2.18. The lowest BCUT2D eigenvalue weighted by atomic mass is 10.1. The predicted octanol–water partition coefficient (Wildman–Crippen LogP) is -1.44. The van der Waals surface area contributed by atoms with Gasteiger partial charge in [0, 0.05) is 44.4 Å². The van der Waals surface area contributed by atoms with Crippen molar-refractivity contribution < 1.29 is 9.84 Å². The maximum atomic E-state index is 11.3. The van der Waals surface area contributed by atoms with Crippen molar-refractivity contribution in [2.24, 2.45) is 0 Å². The summed E-state index contributed by atoms with van der Waals surface area (Å²) in [5.74, 6) is 0.657. The molecule has 112 valence electrons. The first-order valence-electron chi connectivity index (χ1n) is 6.86. The van der Waals surface area contributed by atoms with E-state index < -0.39 is 5.60 Å². The van der Waals surface area contributed by atoms with Gasteiger partial charge in [0.05, 0.1) is 13.2 Å². The number of β-amino-alcohol motifs (C(OH)–C–C–N with tert-alkyl or cyclic N) is 1. The van der Waals surface area contributed by atoms with Crippen LogP contribution in [0.4, 0.5) is 0 Å². The van der Waals surface area contributed by atoms with E-state index in [0.29, 0.717) is 50.8 Å². The van der Waals surface area contributed by atoms with Crippen molar-refractivity contribution in [1.82, 2.24) is 20.6 Å². The van der Waals surface area contributed by atoms with Gasteiger partial charge in [0.2, 0.25) is 0 Å². The van der Waals surface area contributed by atoms with E-state index in [1.165, 1.54) is 6.07 Å². The molecule has 1 aliphatic rings. The number of aromatic nitrogens is 2. The molecule has 0 saturated carbocycles. The van der Waals surface area contributed by atoms with Crippen LogP contribution in [0.2, 0.25) is 0 Å². The molecule has 1 aromatic rings. The van der Waals surface area contributed by atoms with E-state index in [1.54, 1.807) is 6.92 Å². The minimum atomic E-state index is -0.885. The smallest absolute Gasteiger partial charge is 0.251 e. The SMILES string of the molecule is Cc1cc(=O)[nH]c(CCNC[C@]2(O)CNCCOC2)n1. The van der Waals surface area contributed by atoms with Crippen LogP contribution in [0, 0.1) is 6.92 Å². The zero-order valence-electron chi connectivity index (χ0n) is 11.7. The molecular formula is C13H22N4O3. The van der Waals surface area contributed by atoms with Gasteiger partial charge in [0.1, 0.15) is 11.4 Å². The molecule has 7 heteroatoms. The van der Waals surface area contributed by atoms with Crippen LogP contribution in [0.3, 0.4) is 0 Å². The highest BCUT2D eigenvalue weighted by molar-refractivity contribution is 5.00. The summed E-state index contributed by atoms with van der Waals surface area (Å²) < 4.78 is 5.34. The van der Waals surface area contributed by atoms with Gasteiger partial charge in [-0.15, -0.1) is 0 Å². The summed E-state index contributed by atoms with van der Waals surface area (Å²) in [6.07, 6.45) is 0.612. The number of hydrogen-bond donors (Lipinski definition) is 4. The summed E-state index contributed by atoms with van der Waals surface area (Å²) in [4.78, 5) is 18.3. The number of nitrogens with zero attached hydrogens (tertiary/aromatic N) is 1. The van der Waals surface area contributed by atoms with E-state index in [9.17, 15) is 9.90 Å². The number of nitrogens with one attached hydrogen (secondary N) is 3. The molecule has 0 aromatic carbocycles. The first kappa shape index (κ1) is 15.1. The van der Waals surface area contributed by atoms with Gasteiger partial charge >= 0.3 is 0 Å². The van der Waals surface area contributed by atoms with Gasteiger partial charge < -0.3 is 25.5 Å². The van der Waals surface area contributed by atoms with Crippen molar-refractivity contribution in [3.8, 4) is 0 Å². The number of aryl methyl sites for hydroxylation is 1. The van der Waals surface area contributed by atoms with E-state index in [2.05, 4.69) is 20.6 Å². The first-order chi connectivity index (χ1) is 9.57. The fourth-order valence-electron chi connectivity index (χ4n) is 2.18. The minimum Gasteiger partial charge on any atom is -0.385 e. The number of hydrogen-bond acceptors (Lipinski definition) is 6.